The van der Waals surface area contributed by atoms with Gasteiger partial charge >= 0.3 is 5.97 Å². The molecule has 0 spiro atoms. The van der Waals surface area contributed by atoms with Gasteiger partial charge in [-0.1, -0.05) is 37.3 Å². The van der Waals surface area contributed by atoms with Crippen molar-refractivity contribution in [2.45, 2.75) is 19.8 Å². The molecular weight excluding hydrogens is 390 g/mol. The van der Waals surface area contributed by atoms with Gasteiger partial charge in [-0.15, -0.1) is 0 Å². The summed E-state index contributed by atoms with van der Waals surface area (Å²) in [5, 5.41) is 0. The van der Waals surface area contributed by atoms with Crippen molar-refractivity contribution in [2.75, 3.05) is 4.90 Å². The van der Waals surface area contributed by atoms with Gasteiger partial charge in [0.05, 0.1) is 23.1 Å². The summed E-state index contributed by atoms with van der Waals surface area (Å²) in [5.41, 5.74) is 1.93. The molecule has 2 saturated carbocycles. The van der Waals surface area contributed by atoms with Crippen molar-refractivity contribution in [3.05, 3.63) is 71.8 Å². The molecule has 2 amide bonds. The summed E-state index contributed by atoms with van der Waals surface area (Å²) in [4.78, 5) is 40.6. The van der Waals surface area contributed by atoms with Crippen LogP contribution in [0, 0.1) is 35.5 Å². The van der Waals surface area contributed by atoms with Crippen LogP contribution in [0.5, 0.6) is 5.75 Å². The Morgan fingerprint density at radius 3 is 2.23 bits per heavy atom. The van der Waals surface area contributed by atoms with Gasteiger partial charge in [0, 0.05) is 0 Å². The maximum absolute atomic E-state index is 13.3. The molecular formula is C26H23NO4. The quantitative estimate of drug-likeness (QED) is 0.329. The van der Waals surface area contributed by atoms with Crippen molar-refractivity contribution in [3.8, 4) is 5.75 Å². The normalized spacial score (nSPS) is 32.1. The minimum atomic E-state index is -0.509. The van der Waals surface area contributed by atoms with Crippen LogP contribution in [0.1, 0.15) is 29.3 Å². The number of anilines is 1. The SMILES string of the molecule is CCc1ccc(OC(=O)c2cccc(N3C(=O)[C@@H]4[C@H]5C=C[C@@H]([C@@H]6C[C@@H]56)[C@@H]4C3=O)c2)cc1. The number of benzene rings is 2. The number of aryl methyl sites for hydroxylation is 1. The van der Waals surface area contributed by atoms with E-state index in [9.17, 15) is 14.4 Å². The van der Waals surface area contributed by atoms with Crippen LogP contribution in [0.2, 0.25) is 0 Å². The van der Waals surface area contributed by atoms with Crippen molar-refractivity contribution in [1.29, 1.82) is 0 Å². The van der Waals surface area contributed by atoms with Gasteiger partial charge in [0.15, 0.2) is 0 Å². The Bertz CT molecular complexity index is 1100. The van der Waals surface area contributed by atoms with E-state index < -0.39 is 5.97 Å². The summed E-state index contributed by atoms with van der Waals surface area (Å²) in [6.07, 6.45) is 6.36. The number of rotatable bonds is 4. The van der Waals surface area contributed by atoms with Crippen molar-refractivity contribution in [2.24, 2.45) is 35.5 Å². The van der Waals surface area contributed by atoms with E-state index >= 15 is 0 Å². The van der Waals surface area contributed by atoms with Gasteiger partial charge in [-0.25, -0.2) is 9.69 Å². The van der Waals surface area contributed by atoms with Gasteiger partial charge in [0.25, 0.3) is 0 Å². The molecule has 7 rings (SSSR count). The van der Waals surface area contributed by atoms with Crippen LogP contribution in [0.4, 0.5) is 5.69 Å². The molecule has 4 aliphatic carbocycles. The number of nitrogens with zero attached hydrogens (tertiary/aromatic N) is 1. The lowest BCUT2D eigenvalue weighted by atomic mass is 9.63. The zero-order valence-corrected chi connectivity index (χ0v) is 17.2. The Morgan fingerprint density at radius 2 is 1.61 bits per heavy atom. The molecule has 2 aromatic rings. The fourth-order valence-corrected chi connectivity index (χ4v) is 5.94. The van der Waals surface area contributed by atoms with Gasteiger partial charge in [-0.3, -0.25) is 9.59 Å². The maximum Gasteiger partial charge on any atom is 0.343 e. The average Bonchev–Trinajstić information content (AvgIpc) is 3.57. The maximum atomic E-state index is 13.3. The van der Waals surface area contributed by atoms with Crippen molar-refractivity contribution < 1.29 is 19.1 Å². The number of carbonyl (C=O) groups is 3. The molecule has 1 saturated heterocycles. The smallest absolute Gasteiger partial charge is 0.343 e. The first-order valence-corrected chi connectivity index (χ1v) is 11.0. The Kier molecular flexibility index (Phi) is 3.98. The number of hydrogen-bond donors (Lipinski definition) is 0. The van der Waals surface area contributed by atoms with Gasteiger partial charge < -0.3 is 4.74 Å². The van der Waals surface area contributed by atoms with Gasteiger partial charge in [-0.2, -0.15) is 0 Å². The van der Waals surface area contributed by atoms with E-state index in [1.807, 2.05) is 12.1 Å². The Morgan fingerprint density at radius 1 is 0.968 bits per heavy atom. The number of carbonyl (C=O) groups excluding carboxylic acids is 3. The van der Waals surface area contributed by atoms with Crippen molar-refractivity contribution in [3.63, 3.8) is 0 Å². The van der Waals surface area contributed by atoms with Crippen LogP contribution in [0.15, 0.2) is 60.7 Å². The predicted octanol–water partition coefficient (Wildman–Crippen LogP) is 4.03. The van der Waals surface area contributed by atoms with Crippen LogP contribution in [0.25, 0.3) is 0 Å². The standard InChI is InChI=1S/C26H23NO4/c1-2-14-6-8-17(9-7-14)31-26(30)15-4-3-5-16(12-15)27-24(28)22-18-10-11-19(21-13-20(18)21)23(22)25(27)29/h3-12,18-23H,2,13H2,1H3/t18-,19-,20-,21-,22-,23+/m0/s1. The molecule has 5 nitrogen and oxygen atoms in total. The molecule has 6 atom stereocenters. The number of ether oxygens (including phenoxy) is 1. The topological polar surface area (TPSA) is 63.7 Å². The van der Waals surface area contributed by atoms with Crippen LogP contribution < -0.4 is 9.64 Å². The molecule has 0 unspecified atom stereocenters. The third-order valence-electron chi connectivity index (χ3n) is 7.55. The largest absolute Gasteiger partial charge is 0.423 e. The highest BCUT2D eigenvalue weighted by Crippen LogP contribution is 2.65. The molecule has 2 aromatic carbocycles. The highest BCUT2D eigenvalue weighted by atomic mass is 16.5. The number of hydrogen-bond acceptors (Lipinski definition) is 4. The lowest BCUT2D eigenvalue weighted by Gasteiger charge is -2.37. The second kappa shape index (κ2) is 6.64. The van der Waals surface area contributed by atoms with Gasteiger partial charge in [0.2, 0.25) is 11.8 Å². The zero-order chi connectivity index (χ0) is 21.3. The van der Waals surface area contributed by atoms with Crippen LogP contribution in [0.3, 0.4) is 0 Å². The molecule has 1 aliphatic heterocycles. The minimum Gasteiger partial charge on any atom is -0.423 e. The van der Waals surface area contributed by atoms with E-state index in [0.29, 0.717) is 28.8 Å². The molecule has 31 heavy (non-hydrogen) atoms. The minimum absolute atomic E-state index is 0.125. The summed E-state index contributed by atoms with van der Waals surface area (Å²) < 4.78 is 5.49. The number of allylic oxidation sites excluding steroid dienone is 2. The van der Waals surface area contributed by atoms with Crippen molar-refractivity contribution in [1.82, 2.24) is 0 Å². The number of amides is 2. The monoisotopic (exact) mass is 413 g/mol. The summed E-state index contributed by atoms with van der Waals surface area (Å²) in [6.45, 7) is 2.06. The summed E-state index contributed by atoms with van der Waals surface area (Å²) >= 11 is 0. The predicted molar refractivity (Wildman–Crippen MR) is 114 cm³/mol. The second-order valence-corrected chi connectivity index (χ2v) is 9.10. The number of esters is 1. The van der Waals surface area contributed by atoms with Crippen LogP contribution in [-0.4, -0.2) is 17.8 Å². The second-order valence-electron chi connectivity index (χ2n) is 9.10. The first-order valence-electron chi connectivity index (χ1n) is 11.0. The van der Waals surface area contributed by atoms with Gasteiger partial charge in [0.1, 0.15) is 5.75 Å². The molecule has 0 aromatic heterocycles. The Balaban J connectivity index is 1.26. The lowest BCUT2D eigenvalue weighted by Crippen LogP contribution is -2.40. The van der Waals surface area contributed by atoms with E-state index in [2.05, 4.69) is 19.1 Å². The molecule has 3 fully saturated rings. The zero-order valence-electron chi connectivity index (χ0n) is 17.2. The first-order chi connectivity index (χ1) is 15.1. The van der Waals surface area contributed by atoms with E-state index in [4.69, 9.17) is 4.74 Å². The lowest BCUT2D eigenvalue weighted by molar-refractivity contribution is -0.124. The highest BCUT2D eigenvalue weighted by molar-refractivity contribution is 6.23. The average molecular weight is 413 g/mol. The Hall–Kier alpha value is -3.21. The molecule has 1 heterocycles. The molecule has 0 N–H and O–H groups in total. The summed E-state index contributed by atoms with van der Waals surface area (Å²) in [5.74, 6) is 0.695. The van der Waals surface area contributed by atoms with Gasteiger partial charge in [-0.05, 0) is 72.4 Å². The Labute approximate surface area is 180 Å². The van der Waals surface area contributed by atoms with E-state index in [1.54, 1.807) is 36.4 Å². The van der Waals surface area contributed by atoms with Crippen LogP contribution in [-0.2, 0) is 16.0 Å². The number of imide groups is 1. The fourth-order valence-electron chi connectivity index (χ4n) is 5.94. The summed E-state index contributed by atoms with van der Waals surface area (Å²) in [7, 11) is 0. The van der Waals surface area contributed by atoms with E-state index in [-0.39, 0.29) is 35.5 Å². The third-order valence-corrected chi connectivity index (χ3v) is 7.55. The fraction of sp³-hybridized carbons (Fsp3) is 0.346. The van der Waals surface area contributed by atoms with Crippen molar-refractivity contribution >= 4 is 23.5 Å². The molecule has 5 heteroatoms. The highest BCUT2D eigenvalue weighted by Gasteiger charge is 2.67. The van der Waals surface area contributed by atoms with Crippen LogP contribution >= 0.6 is 0 Å². The molecule has 5 aliphatic rings. The summed E-state index contributed by atoms with van der Waals surface area (Å²) in [6, 6.07) is 14.0. The van der Waals surface area contributed by atoms with E-state index in [1.165, 1.54) is 4.90 Å². The first kappa shape index (κ1) is 18.6. The van der Waals surface area contributed by atoms with E-state index in [0.717, 1.165) is 18.4 Å². The third kappa shape index (κ3) is 2.72. The molecule has 156 valence electrons. The molecule has 0 radical (unpaired) electrons. The molecule has 2 bridgehead atoms.